The van der Waals surface area contributed by atoms with Crippen LogP contribution in [0.3, 0.4) is 0 Å². The maximum atomic E-state index is 13.5. The maximum Gasteiger partial charge on any atom is 0.252 e. The fraction of sp³-hybridized carbons (Fsp3) is 0.125. The number of aryl methyl sites for hydroxylation is 1. The van der Waals surface area contributed by atoms with Crippen molar-refractivity contribution in [3.05, 3.63) is 111 Å². The topological polar surface area (TPSA) is 70.2 Å². The van der Waals surface area contributed by atoms with Crippen LogP contribution < -0.4 is 5.56 Å². The molecule has 0 radical (unpaired) electrons. The molecule has 0 atom stereocenters. The van der Waals surface area contributed by atoms with Gasteiger partial charge >= 0.3 is 0 Å². The predicted molar refractivity (Wildman–Crippen MR) is 124 cm³/mol. The summed E-state index contributed by atoms with van der Waals surface area (Å²) in [6.45, 7) is 1.70. The first kappa shape index (κ1) is 22.2. The van der Waals surface area contributed by atoms with Crippen LogP contribution in [0.25, 0.3) is 10.9 Å². The highest BCUT2D eigenvalue weighted by molar-refractivity contribution is 7.89. The van der Waals surface area contributed by atoms with Crippen molar-refractivity contribution in [3.63, 3.8) is 0 Å². The molecule has 0 aliphatic carbocycles. The van der Waals surface area contributed by atoms with E-state index < -0.39 is 15.8 Å². The molecule has 1 heterocycles. The fourth-order valence-corrected chi connectivity index (χ4v) is 5.39. The van der Waals surface area contributed by atoms with Crippen molar-refractivity contribution in [1.29, 1.82) is 0 Å². The molecule has 0 fully saturated rings. The Bertz CT molecular complexity index is 1450. The summed E-state index contributed by atoms with van der Waals surface area (Å²) < 4.78 is 41.6. The third kappa shape index (κ3) is 4.60. The van der Waals surface area contributed by atoms with Gasteiger partial charge in [0.05, 0.1) is 5.02 Å². The van der Waals surface area contributed by atoms with E-state index >= 15 is 0 Å². The molecule has 0 saturated heterocycles. The molecule has 4 rings (SSSR count). The molecule has 1 aromatic heterocycles. The summed E-state index contributed by atoms with van der Waals surface area (Å²) in [7, 11) is -4.06. The average molecular weight is 471 g/mol. The van der Waals surface area contributed by atoms with E-state index in [1.165, 1.54) is 40.7 Å². The van der Waals surface area contributed by atoms with Gasteiger partial charge in [0.1, 0.15) is 10.7 Å². The Hall–Kier alpha value is -3.00. The Morgan fingerprint density at radius 1 is 0.969 bits per heavy atom. The lowest BCUT2D eigenvalue weighted by Crippen LogP contribution is -2.32. The fourth-order valence-electron chi connectivity index (χ4n) is 3.49. The zero-order valence-electron chi connectivity index (χ0n) is 17.2. The molecule has 0 unspecified atom stereocenters. The SMILES string of the molecule is Cc1ccc2[nH]c(=O)c(CN(Cc3ccc(F)cc3)S(=O)(=O)c3ccccc3Cl)cc2c1. The normalized spacial score (nSPS) is 11.9. The van der Waals surface area contributed by atoms with Crippen LogP contribution >= 0.6 is 11.6 Å². The summed E-state index contributed by atoms with van der Waals surface area (Å²) in [6, 6.07) is 19.0. The summed E-state index contributed by atoms with van der Waals surface area (Å²) in [4.78, 5) is 15.5. The highest BCUT2D eigenvalue weighted by Crippen LogP contribution is 2.27. The minimum Gasteiger partial charge on any atom is -0.322 e. The third-order valence-corrected chi connectivity index (χ3v) is 7.44. The highest BCUT2D eigenvalue weighted by atomic mass is 35.5. The molecule has 0 saturated carbocycles. The molecule has 0 bridgehead atoms. The summed E-state index contributed by atoms with van der Waals surface area (Å²) in [5, 5.41) is 0.885. The molecule has 0 aliphatic heterocycles. The van der Waals surface area contributed by atoms with Gasteiger partial charge in [-0.2, -0.15) is 4.31 Å². The van der Waals surface area contributed by atoms with Crippen LogP contribution in [0, 0.1) is 12.7 Å². The first-order valence-electron chi connectivity index (χ1n) is 9.86. The number of nitrogens with zero attached hydrogens (tertiary/aromatic N) is 1. The molecular weight excluding hydrogens is 451 g/mol. The van der Waals surface area contributed by atoms with Gasteiger partial charge in [-0.3, -0.25) is 4.79 Å². The van der Waals surface area contributed by atoms with Crippen LogP contribution in [0.5, 0.6) is 0 Å². The molecular formula is C24H20ClFN2O3S. The number of fused-ring (bicyclic) bond motifs is 1. The second-order valence-electron chi connectivity index (χ2n) is 7.54. The number of halogens is 2. The Labute approximate surface area is 190 Å². The average Bonchev–Trinajstić information content (AvgIpc) is 2.75. The second-order valence-corrected chi connectivity index (χ2v) is 9.86. The molecule has 164 valence electrons. The molecule has 0 spiro atoms. The van der Waals surface area contributed by atoms with Crippen molar-refractivity contribution in [2.75, 3.05) is 0 Å². The summed E-state index contributed by atoms with van der Waals surface area (Å²) in [6.07, 6.45) is 0. The Morgan fingerprint density at radius 2 is 1.69 bits per heavy atom. The van der Waals surface area contributed by atoms with Crippen molar-refractivity contribution in [2.45, 2.75) is 24.9 Å². The van der Waals surface area contributed by atoms with Crippen LogP contribution in [0.4, 0.5) is 4.39 Å². The van der Waals surface area contributed by atoms with Crippen molar-refractivity contribution < 1.29 is 12.8 Å². The quantitative estimate of drug-likeness (QED) is 0.430. The van der Waals surface area contributed by atoms with Gasteiger partial charge in [0.15, 0.2) is 0 Å². The minimum atomic E-state index is -4.06. The van der Waals surface area contributed by atoms with E-state index in [1.807, 2.05) is 25.1 Å². The molecule has 0 amide bonds. The van der Waals surface area contributed by atoms with Gasteiger partial charge in [0.2, 0.25) is 10.0 Å². The van der Waals surface area contributed by atoms with Gasteiger partial charge in [-0.25, -0.2) is 12.8 Å². The first-order valence-corrected chi connectivity index (χ1v) is 11.7. The maximum absolute atomic E-state index is 13.5. The largest absolute Gasteiger partial charge is 0.322 e. The second kappa shape index (κ2) is 8.86. The summed E-state index contributed by atoms with van der Waals surface area (Å²) in [5.74, 6) is -0.421. The Balaban J connectivity index is 1.80. The van der Waals surface area contributed by atoms with Crippen molar-refractivity contribution in [3.8, 4) is 0 Å². The molecule has 32 heavy (non-hydrogen) atoms. The summed E-state index contributed by atoms with van der Waals surface area (Å²) in [5.41, 5.74) is 2.18. The van der Waals surface area contributed by atoms with Gasteiger partial charge in [-0.1, -0.05) is 47.5 Å². The van der Waals surface area contributed by atoms with Gasteiger partial charge in [0, 0.05) is 24.2 Å². The van der Waals surface area contributed by atoms with E-state index in [0.717, 1.165) is 10.9 Å². The zero-order chi connectivity index (χ0) is 22.9. The predicted octanol–water partition coefficient (Wildman–Crippen LogP) is 5.02. The van der Waals surface area contributed by atoms with Gasteiger partial charge < -0.3 is 4.98 Å². The Kier molecular flexibility index (Phi) is 6.15. The number of aromatic nitrogens is 1. The molecule has 4 aromatic rings. The third-order valence-electron chi connectivity index (χ3n) is 5.15. The number of hydrogen-bond donors (Lipinski definition) is 1. The van der Waals surface area contributed by atoms with E-state index in [0.29, 0.717) is 16.6 Å². The number of benzene rings is 3. The van der Waals surface area contributed by atoms with Gasteiger partial charge in [0.25, 0.3) is 5.56 Å². The van der Waals surface area contributed by atoms with E-state index in [-0.39, 0.29) is 28.6 Å². The minimum absolute atomic E-state index is 0.0564. The van der Waals surface area contributed by atoms with E-state index in [2.05, 4.69) is 4.98 Å². The van der Waals surface area contributed by atoms with E-state index in [4.69, 9.17) is 11.6 Å². The zero-order valence-corrected chi connectivity index (χ0v) is 18.8. The van der Waals surface area contributed by atoms with Crippen molar-refractivity contribution in [1.82, 2.24) is 9.29 Å². The number of nitrogens with one attached hydrogen (secondary N) is 1. The van der Waals surface area contributed by atoms with Crippen LogP contribution in [-0.2, 0) is 23.1 Å². The highest BCUT2D eigenvalue weighted by Gasteiger charge is 2.28. The van der Waals surface area contributed by atoms with Crippen LogP contribution in [0.15, 0.2) is 82.5 Å². The number of hydrogen-bond acceptors (Lipinski definition) is 3. The number of H-pyrrole nitrogens is 1. The first-order chi connectivity index (χ1) is 15.2. The lowest BCUT2D eigenvalue weighted by Gasteiger charge is -2.23. The monoisotopic (exact) mass is 470 g/mol. The lowest BCUT2D eigenvalue weighted by molar-refractivity contribution is 0.399. The van der Waals surface area contributed by atoms with Crippen LogP contribution in [0.2, 0.25) is 5.02 Å². The number of aromatic amines is 1. The molecule has 8 heteroatoms. The summed E-state index contributed by atoms with van der Waals surface area (Å²) >= 11 is 6.18. The van der Waals surface area contributed by atoms with Gasteiger partial charge in [-0.15, -0.1) is 0 Å². The smallest absolute Gasteiger partial charge is 0.252 e. The molecule has 5 nitrogen and oxygen atoms in total. The van der Waals surface area contributed by atoms with Crippen LogP contribution in [-0.4, -0.2) is 17.7 Å². The van der Waals surface area contributed by atoms with Crippen molar-refractivity contribution >= 4 is 32.5 Å². The number of rotatable bonds is 6. The van der Waals surface area contributed by atoms with Crippen LogP contribution in [0.1, 0.15) is 16.7 Å². The number of sulfonamides is 1. The molecule has 0 aliphatic rings. The lowest BCUT2D eigenvalue weighted by atomic mass is 10.1. The van der Waals surface area contributed by atoms with E-state index in [1.54, 1.807) is 18.2 Å². The Morgan fingerprint density at radius 3 is 2.41 bits per heavy atom. The molecule has 3 aromatic carbocycles. The van der Waals surface area contributed by atoms with Gasteiger partial charge in [-0.05, 0) is 60.3 Å². The van der Waals surface area contributed by atoms with Crippen molar-refractivity contribution in [2.24, 2.45) is 0 Å². The standard InChI is InChI=1S/C24H20ClFN2O3S/c1-16-6-11-22-18(12-16)13-19(24(29)27-22)15-28(14-17-7-9-20(26)10-8-17)32(30,31)23-5-3-2-4-21(23)25/h2-13H,14-15H2,1H3,(H,27,29). The van der Waals surface area contributed by atoms with E-state index in [9.17, 15) is 17.6 Å². The molecule has 1 N–H and O–H groups in total. The number of pyridine rings is 1.